The first kappa shape index (κ1) is 14.1. The summed E-state index contributed by atoms with van der Waals surface area (Å²) < 4.78 is 18.8. The monoisotopic (exact) mass is 276 g/mol. The van der Waals surface area contributed by atoms with Crippen molar-refractivity contribution < 1.29 is 13.6 Å². The zero-order valence-corrected chi connectivity index (χ0v) is 11.4. The van der Waals surface area contributed by atoms with E-state index in [2.05, 4.69) is 10.6 Å². The number of benzene rings is 1. The van der Waals surface area contributed by atoms with Crippen LogP contribution in [0.3, 0.4) is 0 Å². The summed E-state index contributed by atoms with van der Waals surface area (Å²) in [5.41, 5.74) is 0.494. The zero-order chi connectivity index (χ0) is 14.5. The third-order valence-corrected chi connectivity index (χ3v) is 2.97. The molecule has 2 rings (SSSR count). The van der Waals surface area contributed by atoms with Crippen LogP contribution in [0.5, 0.6) is 0 Å². The topological polar surface area (TPSA) is 54.3 Å². The number of carbonyl (C=O) groups excluding carboxylic acids is 1. The van der Waals surface area contributed by atoms with Crippen LogP contribution in [0.15, 0.2) is 41.0 Å². The predicted octanol–water partition coefficient (Wildman–Crippen LogP) is 2.82. The van der Waals surface area contributed by atoms with Gasteiger partial charge in [0.25, 0.3) is 5.91 Å². The summed E-state index contributed by atoms with van der Waals surface area (Å²) in [6.45, 7) is 1.87. The first-order chi connectivity index (χ1) is 9.61. The van der Waals surface area contributed by atoms with E-state index in [-0.39, 0.29) is 17.6 Å². The molecule has 0 radical (unpaired) electrons. The Morgan fingerprint density at radius 1 is 1.35 bits per heavy atom. The van der Waals surface area contributed by atoms with Crippen molar-refractivity contribution in [1.29, 1.82) is 0 Å². The minimum atomic E-state index is -0.446. The van der Waals surface area contributed by atoms with Crippen molar-refractivity contribution in [2.24, 2.45) is 0 Å². The van der Waals surface area contributed by atoms with E-state index >= 15 is 0 Å². The van der Waals surface area contributed by atoms with E-state index < -0.39 is 5.82 Å². The lowest BCUT2D eigenvalue weighted by Gasteiger charge is -2.15. The van der Waals surface area contributed by atoms with Crippen molar-refractivity contribution in [1.82, 2.24) is 5.32 Å². The van der Waals surface area contributed by atoms with Gasteiger partial charge in [-0.25, -0.2) is 4.39 Å². The molecule has 0 saturated heterocycles. The van der Waals surface area contributed by atoms with Crippen LogP contribution in [0.25, 0.3) is 0 Å². The van der Waals surface area contributed by atoms with Crippen molar-refractivity contribution >= 4 is 11.6 Å². The van der Waals surface area contributed by atoms with Crippen molar-refractivity contribution in [2.45, 2.75) is 19.4 Å². The lowest BCUT2D eigenvalue weighted by molar-refractivity contribution is 0.0939. The molecule has 2 aromatic rings. The first-order valence-electron chi connectivity index (χ1n) is 6.41. The Morgan fingerprint density at radius 3 is 2.80 bits per heavy atom. The van der Waals surface area contributed by atoms with Gasteiger partial charge >= 0.3 is 0 Å². The Balaban J connectivity index is 2.06. The molecule has 1 aromatic carbocycles. The fraction of sp³-hybridized carbons (Fsp3) is 0.267. The molecule has 1 unspecified atom stereocenters. The predicted molar refractivity (Wildman–Crippen MR) is 75.3 cm³/mol. The van der Waals surface area contributed by atoms with Crippen LogP contribution in [-0.2, 0) is 6.42 Å². The summed E-state index contributed by atoms with van der Waals surface area (Å²) in [4.78, 5) is 12.2. The van der Waals surface area contributed by atoms with Crippen LogP contribution in [0.1, 0.15) is 23.0 Å². The molecule has 1 amide bonds. The fourth-order valence-electron chi connectivity index (χ4n) is 2.05. The second-order valence-corrected chi connectivity index (χ2v) is 4.57. The van der Waals surface area contributed by atoms with Crippen LogP contribution in [0, 0.1) is 5.82 Å². The van der Waals surface area contributed by atoms with Gasteiger partial charge in [-0.2, -0.15) is 0 Å². The third-order valence-electron chi connectivity index (χ3n) is 2.97. The van der Waals surface area contributed by atoms with Gasteiger partial charge in [0.1, 0.15) is 11.6 Å². The third kappa shape index (κ3) is 3.17. The maximum absolute atomic E-state index is 13.6. The smallest absolute Gasteiger partial charge is 0.253 e. The summed E-state index contributed by atoms with van der Waals surface area (Å²) >= 11 is 0. The molecule has 0 aliphatic rings. The number of anilines is 1. The molecule has 0 aliphatic heterocycles. The normalized spacial score (nSPS) is 11.9. The molecule has 1 aromatic heterocycles. The number of rotatable bonds is 5. The summed E-state index contributed by atoms with van der Waals surface area (Å²) in [6.07, 6.45) is 2.18. The molecule has 1 heterocycles. The lowest BCUT2D eigenvalue weighted by Crippen LogP contribution is -2.34. The van der Waals surface area contributed by atoms with Crippen molar-refractivity contribution in [2.75, 3.05) is 12.4 Å². The minimum Gasteiger partial charge on any atom is -0.469 e. The van der Waals surface area contributed by atoms with E-state index in [4.69, 9.17) is 4.42 Å². The van der Waals surface area contributed by atoms with Crippen LogP contribution in [0.4, 0.5) is 10.1 Å². The van der Waals surface area contributed by atoms with Gasteiger partial charge in [0.2, 0.25) is 0 Å². The molecule has 0 aliphatic carbocycles. The Hall–Kier alpha value is -2.30. The standard InChI is InChI=1S/C15H17FN2O2/c1-10(9-11-5-4-8-20-11)18-15(19)12-6-3-7-13(16)14(12)17-2/h3-8,10,17H,9H2,1-2H3,(H,18,19). The highest BCUT2D eigenvalue weighted by Gasteiger charge is 2.16. The minimum absolute atomic E-state index is 0.110. The summed E-state index contributed by atoms with van der Waals surface area (Å²) in [6, 6.07) is 7.96. The molecule has 2 N–H and O–H groups in total. The van der Waals surface area contributed by atoms with Crippen LogP contribution in [-0.4, -0.2) is 19.0 Å². The van der Waals surface area contributed by atoms with Crippen molar-refractivity contribution in [3.05, 3.63) is 53.7 Å². The van der Waals surface area contributed by atoms with Gasteiger partial charge < -0.3 is 15.1 Å². The molecule has 0 bridgehead atoms. The highest BCUT2D eigenvalue weighted by molar-refractivity contribution is 5.99. The second kappa shape index (κ2) is 6.23. The SMILES string of the molecule is CNc1c(F)cccc1C(=O)NC(C)Cc1ccco1. The van der Waals surface area contributed by atoms with Crippen molar-refractivity contribution in [3.8, 4) is 0 Å². The van der Waals surface area contributed by atoms with Gasteiger partial charge in [-0.1, -0.05) is 6.07 Å². The Kier molecular flexibility index (Phi) is 4.40. The molecule has 0 spiro atoms. The quantitative estimate of drug-likeness (QED) is 0.883. The van der Waals surface area contributed by atoms with Gasteiger partial charge in [0.05, 0.1) is 17.5 Å². The molecule has 0 fully saturated rings. The molecular formula is C15H17FN2O2. The van der Waals surface area contributed by atoms with E-state index in [0.717, 1.165) is 5.76 Å². The Bertz CT molecular complexity index is 582. The molecule has 5 heteroatoms. The second-order valence-electron chi connectivity index (χ2n) is 4.57. The van der Waals surface area contributed by atoms with Crippen LogP contribution >= 0.6 is 0 Å². The number of amides is 1. The number of furan rings is 1. The average molecular weight is 276 g/mol. The maximum Gasteiger partial charge on any atom is 0.253 e. The molecule has 20 heavy (non-hydrogen) atoms. The molecule has 1 atom stereocenters. The molecule has 4 nitrogen and oxygen atoms in total. The lowest BCUT2D eigenvalue weighted by atomic mass is 10.1. The largest absolute Gasteiger partial charge is 0.469 e. The van der Waals surface area contributed by atoms with Crippen molar-refractivity contribution in [3.63, 3.8) is 0 Å². The molecule has 106 valence electrons. The fourth-order valence-corrected chi connectivity index (χ4v) is 2.05. The maximum atomic E-state index is 13.6. The number of nitrogens with one attached hydrogen (secondary N) is 2. The summed E-state index contributed by atoms with van der Waals surface area (Å²) in [5, 5.41) is 5.54. The van der Waals surface area contributed by atoms with Crippen LogP contribution in [0.2, 0.25) is 0 Å². The highest BCUT2D eigenvalue weighted by Crippen LogP contribution is 2.19. The Labute approximate surface area is 117 Å². The number of para-hydroxylation sites is 1. The molecule has 0 saturated carbocycles. The first-order valence-corrected chi connectivity index (χ1v) is 6.41. The number of halogens is 1. The van der Waals surface area contributed by atoms with Gasteiger partial charge in [0.15, 0.2) is 0 Å². The number of carbonyl (C=O) groups is 1. The van der Waals surface area contributed by atoms with E-state index in [9.17, 15) is 9.18 Å². The van der Waals surface area contributed by atoms with E-state index in [1.54, 1.807) is 25.4 Å². The molecular weight excluding hydrogens is 259 g/mol. The van der Waals surface area contributed by atoms with E-state index in [1.807, 2.05) is 13.0 Å². The number of hydrogen-bond donors (Lipinski definition) is 2. The summed E-state index contributed by atoms with van der Waals surface area (Å²) in [7, 11) is 1.58. The zero-order valence-electron chi connectivity index (χ0n) is 11.4. The van der Waals surface area contributed by atoms with Crippen LogP contribution < -0.4 is 10.6 Å². The van der Waals surface area contributed by atoms with Gasteiger partial charge in [-0.05, 0) is 31.2 Å². The van der Waals surface area contributed by atoms with E-state index in [1.165, 1.54) is 12.1 Å². The Morgan fingerprint density at radius 2 is 2.15 bits per heavy atom. The summed E-state index contributed by atoms with van der Waals surface area (Å²) in [5.74, 6) is 0.0395. The average Bonchev–Trinajstić information content (AvgIpc) is 2.90. The number of hydrogen-bond acceptors (Lipinski definition) is 3. The van der Waals surface area contributed by atoms with E-state index in [0.29, 0.717) is 12.0 Å². The highest BCUT2D eigenvalue weighted by atomic mass is 19.1. The van der Waals surface area contributed by atoms with Gasteiger partial charge in [-0.3, -0.25) is 4.79 Å². The van der Waals surface area contributed by atoms with Gasteiger partial charge in [-0.15, -0.1) is 0 Å². The van der Waals surface area contributed by atoms with Gasteiger partial charge in [0, 0.05) is 19.5 Å².